The quantitative estimate of drug-likeness (QED) is 0.876. The summed E-state index contributed by atoms with van der Waals surface area (Å²) >= 11 is 7.40. The number of nitrogens with two attached hydrogens (primary N) is 1. The highest BCUT2D eigenvalue weighted by atomic mass is 35.5. The number of methoxy groups -OCH3 is 1. The van der Waals surface area contributed by atoms with Crippen LogP contribution < -0.4 is 5.73 Å². The molecule has 0 fully saturated rings. The third-order valence-corrected chi connectivity index (χ3v) is 4.10. The number of hydrogen-bond donors (Lipinski definition) is 1. The van der Waals surface area contributed by atoms with Gasteiger partial charge in [-0.1, -0.05) is 41.6 Å². The van der Waals surface area contributed by atoms with Crippen LogP contribution in [0.25, 0.3) is 0 Å². The minimum Gasteiger partial charge on any atom is -0.468 e. The molecule has 2 rings (SSSR count). The fourth-order valence-corrected chi connectivity index (χ4v) is 2.83. The van der Waals surface area contributed by atoms with Crippen LogP contribution in [-0.2, 0) is 9.53 Å². The zero-order chi connectivity index (χ0) is 14.5. The lowest BCUT2D eigenvalue weighted by molar-refractivity contribution is -0.142. The van der Waals surface area contributed by atoms with Gasteiger partial charge in [-0.3, -0.25) is 4.79 Å². The van der Waals surface area contributed by atoms with E-state index in [-0.39, 0.29) is 0 Å². The van der Waals surface area contributed by atoms with Gasteiger partial charge in [0.15, 0.2) is 0 Å². The molecule has 20 heavy (non-hydrogen) atoms. The normalized spacial score (nSPS) is 11.9. The lowest BCUT2D eigenvalue weighted by Gasteiger charge is -2.14. The molecule has 1 atom stereocenters. The largest absolute Gasteiger partial charge is 0.468 e. The molecular formula is C15H14ClNO2S. The summed E-state index contributed by atoms with van der Waals surface area (Å²) < 4.78 is 4.70. The number of ether oxygens (including phenoxy) is 1. The minimum absolute atomic E-state index is 0.450. The molecule has 2 aromatic carbocycles. The van der Waals surface area contributed by atoms with Gasteiger partial charge in [-0.2, -0.15) is 0 Å². The Balaban J connectivity index is 2.28. The number of rotatable bonds is 4. The highest BCUT2D eigenvalue weighted by Crippen LogP contribution is 2.33. The first-order chi connectivity index (χ1) is 9.61. The first kappa shape index (κ1) is 14.9. The van der Waals surface area contributed by atoms with Crippen LogP contribution in [0.5, 0.6) is 0 Å². The topological polar surface area (TPSA) is 52.3 Å². The molecule has 5 heteroatoms. The van der Waals surface area contributed by atoms with Crippen molar-refractivity contribution in [2.45, 2.75) is 15.8 Å². The molecule has 0 saturated carbocycles. The van der Waals surface area contributed by atoms with E-state index < -0.39 is 12.0 Å². The van der Waals surface area contributed by atoms with Gasteiger partial charge in [0.2, 0.25) is 0 Å². The van der Waals surface area contributed by atoms with Gasteiger partial charge in [0.25, 0.3) is 0 Å². The van der Waals surface area contributed by atoms with E-state index in [0.717, 1.165) is 15.4 Å². The van der Waals surface area contributed by atoms with Crippen LogP contribution in [0.15, 0.2) is 58.3 Å². The number of carbonyl (C=O) groups excluding carboxylic acids is 1. The summed E-state index contributed by atoms with van der Waals surface area (Å²) in [6.45, 7) is 0. The van der Waals surface area contributed by atoms with Crippen molar-refractivity contribution in [3.63, 3.8) is 0 Å². The molecule has 0 aliphatic carbocycles. The molecule has 0 spiro atoms. The van der Waals surface area contributed by atoms with Gasteiger partial charge in [-0.05, 0) is 35.9 Å². The lowest BCUT2D eigenvalue weighted by atomic mass is 10.1. The van der Waals surface area contributed by atoms with E-state index in [0.29, 0.717) is 5.02 Å². The molecule has 0 aromatic heterocycles. The van der Waals surface area contributed by atoms with E-state index in [1.165, 1.54) is 18.9 Å². The van der Waals surface area contributed by atoms with Crippen molar-refractivity contribution >= 4 is 29.3 Å². The number of hydrogen-bond acceptors (Lipinski definition) is 4. The Morgan fingerprint density at radius 2 is 1.85 bits per heavy atom. The van der Waals surface area contributed by atoms with Gasteiger partial charge < -0.3 is 10.5 Å². The van der Waals surface area contributed by atoms with Crippen LogP contribution in [0.2, 0.25) is 5.02 Å². The fourth-order valence-electron chi connectivity index (χ4n) is 1.71. The minimum atomic E-state index is -0.781. The zero-order valence-electron chi connectivity index (χ0n) is 10.9. The Bertz CT molecular complexity index is 601. The number of esters is 1. The SMILES string of the molecule is COC(=O)[C@H](N)c1ccccc1Sc1ccc(Cl)cc1. The van der Waals surface area contributed by atoms with Gasteiger partial charge in [-0.15, -0.1) is 0 Å². The maximum absolute atomic E-state index is 11.6. The molecule has 0 unspecified atom stereocenters. The van der Waals surface area contributed by atoms with E-state index in [2.05, 4.69) is 0 Å². The maximum atomic E-state index is 11.6. The summed E-state index contributed by atoms with van der Waals surface area (Å²) in [6, 6.07) is 14.2. The second-order valence-corrected chi connectivity index (χ2v) is 5.65. The van der Waals surface area contributed by atoms with E-state index >= 15 is 0 Å². The molecule has 0 aliphatic heterocycles. The van der Waals surface area contributed by atoms with Crippen molar-refractivity contribution < 1.29 is 9.53 Å². The molecule has 2 N–H and O–H groups in total. The van der Waals surface area contributed by atoms with Crippen molar-refractivity contribution in [2.24, 2.45) is 5.73 Å². The van der Waals surface area contributed by atoms with Crippen molar-refractivity contribution in [3.05, 3.63) is 59.1 Å². The first-order valence-corrected chi connectivity index (χ1v) is 7.17. The van der Waals surface area contributed by atoms with Crippen molar-refractivity contribution in [3.8, 4) is 0 Å². The van der Waals surface area contributed by atoms with E-state index in [1.807, 2.05) is 48.5 Å². The van der Waals surface area contributed by atoms with Crippen molar-refractivity contribution in [1.29, 1.82) is 0 Å². The van der Waals surface area contributed by atoms with E-state index in [9.17, 15) is 4.79 Å². The van der Waals surface area contributed by atoms with Crippen LogP contribution in [-0.4, -0.2) is 13.1 Å². The number of halogens is 1. The van der Waals surface area contributed by atoms with Gasteiger partial charge in [0.1, 0.15) is 6.04 Å². The van der Waals surface area contributed by atoms with E-state index in [1.54, 1.807) is 0 Å². The van der Waals surface area contributed by atoms with Crippen LogP contribution in [0, 0.1) is 0 Å². The molecular weight excluding hydrogens is 294 g/mol. The summed E-state index contributed by atoms with van der Waals surface area (Å²) in [5.74, 6) is -0.450. The second kappa shape index (κ2) is 6.79. The smallest absolute Gasteiger partial charge is 0.327 e. The highest BCUT2D eigenvalue weighted by molar-refractivity contribution is 7.99. The molecule has 0 saturated heterocycles. The summed E-state index contributed by atoms with van der Waals surface area (Å²) in [4.78, 5) is 13.5. The number of carbonyl (C=O) groups is 1. The van der Waals surface area contributed by atoms with Gasteiger partial charge in [0, 0.05) is 14.8 Å². The summed E-state index contributed by atoms with van der Waals surface area (Å²) in [5, 5.41) is 0.689. The number of benzene rings is 2. The van der Waals surface area contributed by atoms with Crippen LogP contribution in [0.1, 0.15) is 11.6 Å². The summed E-state index contributed by atoms with van der Waals surface area (Å²) in [5.41, 5.74) is 6.67. The molecule has 0 radical (unpaired) electrons. The molecule has 3 nitrogen and oxygen atoms in total. The Kier molecular flexibility index (Phi) is 5.06. The Hall–Kier alpha value is -1.49. The van der Waals surface area contributed by atoms with Gasteiger partial charge >= 0.3 is 5.97 Å². The summed E-state index contributed by atoms with van der Waals surface area (Å²) in [6.07, 6.45) is 0. The van der Waals surface area contributed by atoms with Crippen molar-refractivity contribution in [1.82, 2.24) is 0 Å². The Labute approximate surface area is 127 Å². The second-order valence-electron chi connectivity index (χ2n) is 4.09. The van der Waals surface area contributed by atoms with Crippen LogP contribution in [0.4, 0.5) is 0 Å². The van der Waals surface area contributed by atoms with Crippen molar-refractivity contribution in [2.75, 3.05) is 7.11 Å². The average molecular weight is 308 g/mol. The Morgan fingerprint density at radius 3 is 2.50 bits per heavy atom. The first-order valence-electron chi connectivity index (χ1n) is 5.97. The average Bonchev–Trinajstić information content (AvgIpc) is 2.48. The van der Waals surface area contributed by atoms with Gasteiger partial charge in [-0.25, -0.2) is 0 Å². The van der Waals surface area contributed by atoms with Gasteiger partial charge in [0.05, 0.1) is 7.11 Å². The maximum Gasteiger partial charge on any atom is 0.327 e. The lowest BCUT2D eigenvalue weighted by Crippen LogP contribution is -2.23. The van der Waals surface area contributed by atoms with Crippen LogP contribution >= 0.6 is 23.4 Å². The standard InChI is InChI=1S/C15H14ClNO2S/c1-19-15(18)14(17)12-4-2-3-5-13(12)20-11-8-6-10(16)7-9-11/h2-9,14H,17H2,1H3/t14-/m1/s1. The molecule has 104 valence electrons. The molecule has 0 bridgehead atoms. The summed E-state index contributed by atoms with van der Waals surface area (Å²) in [7, 11) is 1.33. The molecule has 0 heterocycles. The van der Waals surface area contributed by atoms with E-state index in [4.69, 9.17) is 22.1 Å². The zero-order valence-corrected chi connectivity index (χ0v) is 12.4. The van der Waals surface area contributed by atoms with Crippen LogP contribution in [0.3, 0.4) is 0 Å². The molecule has 0 amide bonds. The fraction of sp³-hybridized carbons (Fsp3) is 0.133. The third-order valence-electron chi connectivity index (χ3n) is 2.75. The molecule has 2 aromatic rings. The monoisotopic (exact) mass is 307 g/mol. The Morgan fingerprint density at radius 1 is 1.20 bits per heavy atom. The molecule has 0 aliphatic rings. The highest BCUT2D eigenvalue weighted by Gasteiger charge is 2.19. The third kappa shape index (κ3) is 3.54. The predicted octanol–water partition coefficient (Wildman–Crippen LogP) is 3.66. The predicted molar refractivity (Wildman–Crippen MR) is 81.0 cm³/mol.